The van der Waals surface area contributed by atoms with E-state index in [-0.39, 0.29) is 10.4 Å². The molecule has 6 heteroatoms. The number of hydrogen-bond acceptors (Lipinski definition) is 3. The molecule has 0 bridgehead atoms. The van der Waals surface area contributed by atoms with E-state index in [0.717, 1.165) is 12.8 Å². The number of hydrogen-bond donors (Lipinski definition) is 1. The average Bonchev–Trinajstić information content (AvgIpc) is 2.69. The van der Waals surface area contributed by atoms with Crippen LogP contribution in [-0.4, -0.2) is 35.8 Å². The first-order valence-corrected chi connectivity index (χ1v) is 6.84. The lowest BCUT2D eigenvalue weighted by Crippen LogP contribution is -2.43. The van der Waals surface area contributed by atoms with Gasteiger partial charge in [-0.05, 0) is 18.3 Å². The fraction of sp³-hybridized carbons (Fsp3) is 0.700. The summed E-state index contributed by atoms with van der Waals surface area (Å²) in [6, 6.07) is 0. The van der Waals surface area contributed by atoms with Crippen molar-refractivity contribution in [2.45, 2.75) is 31.7 Å². The summed E-state index contributed by atoms with van der Waals surface area (Å²) in [5.41, 5.74) is 0.0609. The number of imidazole rings is 1. The zero-order valence-electron chi connectivity index (χ0n) is 9.60. The third-order valence-electron chi connectivity index (χ3n) is 2.96. The van der Waals surface area contributed by atoms with E-state index in [1.54, 1.807) is 4.31 Å². The largest absolute Gasteiger partial charge is 0.335 e. The first-order chi connectivity index (χ1) is 7.42. The van der Waals surface area contributed by atoms with Crippen LogP contribution < -0.4 is 0 Å². The topological polar surface area (TPSA) is 66.1 Å². The zero-order valence-corrected chi connectivity index (χ0v) is 10.4. The molecule has 1 aromatic rings. The van der Waals surface area contributed by atoms with Crippen LogP contribution in [-0.2, 0) is 10.0 Å². The van der Waals surface area contributed by atoms with E-state index < -0.39 is 10.0 Å². The number of rotatable bonds is 2. The summed E-state index contributed by atoms with van der Waals surface area (Å²) in [5.74, 6) is 0. The maximum Gasteiger partial charge on any atom is 0.260 e. The van der Waals surface area contributed by atoms with Gasteiger partial charge in [-0.15, -0.1) is 0 Å². The highest BCUT2D eigenvalue weighted by molar-refractivity contribution is 7.89. The smallest absolute Gasteiger partial charge is 0.260 e. The number of nitrogens with one attached hydrogen (secondary N) is 1. The predicted octanol–water partition coefficient (Wildman–Crippen LogP) is 1.22. The molecule has 0 spiro atoms. The number of piperidine rings is 1. The van der Waals surface area contributed by atoms with Gasteiger partial charge in [-0.1, -0.05) is 13.8 Å². The normalized spacial score (nSPS) is 22.1. The minimum absolute atomic E-state index is 0.0609. The lowest BCUT2D eigenvalue weighted by Gasteiger charge is -2.36. The lowest BCUT2D eigenvalue weighted by atomic mass is 9.85. The van der Waals surface area contributed by atoms with Crippen molar-refractivity contribution in [1.82, 2.24) is 14.3 Å². The molecule has 0 unspecified atom stereocenters. The van der Waals surface area contributed by atoms with Crippen LogP contribution in [0, 0.1) is 5.41 Å². The van der Waals surface area contributed by atoms with Crippen molar-refractivity contribution >= 4 is 10.0 Å². The van der Waals surface area contributed by atoms with Crippen LogP contribution in [0.4, 0.5) is 0 Å². The molecule has 1 fully saturated rings. The average molecular weight is 243 g/mol. The molecule has 16 heavy (non-hydrogen) atoms. The van der Waals surface area contributed by atoms with Crippen molar-refractivity contribution in [2.24, 2.45) is 5.41 Å². The minimum Gasteiger partial charge on any atom is -0.335 e. The van der Waals surface area contributed by atoms with Gasteiger partial charge in [-0.3, -0.25) is 0 Å². The molecule has 1 aliphatic heterocycles. The summed E-state index contributed by atoms with van der Waals surface area (Å²) < 4.78 is 25.9. The van der Waals surface area contributed by atoms with Crippen LogP contribution in [0.5, 0.6) is 0 Å². The summed E-state index contributed by atoms with van der Waals surface area (Å²) >= 11 is 0. The van der Waals surface area contributed by atoms with E-state index in [1.165, 1.54) is 12.5 Å². The highest BCUT2D eigenvalue weighted by Crippen LogP contribution is 2.31. The summed E-state index contributed by atoms with van der Waals surface area (Å²) in [7, 11) is -3.37. The molecule has 1 aromatic heterocycles. The highest BCUT2D eigenvalue weighted by atomic mass is 32.2. The Bertz CT molecular complexity index is 450. The molecule has 1 N–H and O–H groups in total. The first-order valence-electron chi connectivity index (χ1n) is 5.40. The molecule has 2 rings (SSSR count). The van der Waals surface area contributed by atoms with Gasteiger partial charge in [0.25, 0.3) is 10.0 Å². The molecule has 0 atom stereocenters. The SMILES string of the molecule is CC1(C)CCCN(S(=O)(=O)c2cnc[nH]2)C1. The van der Waals surface area contributed by atoms with Gasteiger partial charge < -0.3 is 4.98 Å². The minimum atomic E-state index is -3.37. The molecular weight excluding hydrogens is 226 g/mol. The van der Waals surface area contributed by atoms with E-state index in [1.807, 2.05) is 0 Å². The highest BCUT2D eigenvalue weighted by Gasteiger charge is 2.34. The van der Waals surface area contributed by atoms with Crippen LogP contribution in [0.2, 0.25) is 0 Å². The molecule has 1 aliphatic rings. The molecule has 0 radical (unpaired) electrons. The second-order valence-electron chi connectivity index (χ2n) is 5.02. The summed E-state index contributed by atoms with van der Waals surface area (Å²) in [6.45, 7) is 5.38. The fourth-order valence-electron chi connectivity index (χ4n) is 2.10. The van der Waals surface area contributed by atoms with Crippen molar-refractivity contribution < 1.29 is 8.42 Å². The number of sulfonamides is 1. The van der Waals surface area contributed by atoms with Gasteiger partial charge in [-0.2, -0.15) is 4.31 Å². The van der Waals surface area contributed by atoms with Crippen molar-refractivity contribution in [1.29, 1.82) is 0 Å². The van der Waals surface area contributed by atoms with Crippen molar-refractivity contribution in [2.75, 3.05) is 13.1 Å². The van der Waals surface area contributed by atoms with Gasteiger partial charge in [-0.25, -0.2) is 13.4 Å². The molecule has 90 valence electrons. The Labute approximate surface area is 95.9 Å². The van der Waals surface area contributed by atoms with Crippen LogP contribution in [0.1, 0.15) is 26.7 Å². The Morgan fingerprint density at radius 1 is 1.50 bits per heavy atom. The first kappa shape index (κ1) is 11.6. The Kier molecular flexibility index (Phi) is 2.79. The van der Waals surface area contributed by atoms with Gasteiger partial charge in [0.15, 0.2) is 5.03 Å². The number of aromatic amines is 1. The molecular formula is C10H17N3O2S. The number of aromatic nitrogens is 2. The quantitative estimate of drug-likeness (QED) is 0.849. The molecule has 0 aromatic carbocycles. The maximum atomic E-state index is 12.2. The third-order valence-corrected chi connectivity index (χ3v) is 4.73. The monoisotopic (exact) mass is 243 g/mol. The molecule has 2 heterocycles. The van der Waals surface area contributed by atoms with E-state index in [9.17, 15) is 8.42 Å². The van der Waals surface area contributed by atoms with Gasteiger partial charge >= 0.3 is 0 Å². The predicted molar refractivity (Wildman–Crippen MR) is 60.4 cm³/mol. The molecule has 1 saturated heterocycles. The van der Waals surface area contributed by atoms with Gasteiger partial charge in [0, 0.05) is 13.1 Å². The number of nitrogens with zero attached hydrogens (tertiary/aromatic N) is 2. The molecule has 5 nitrogen and oxygen atoms in total. The Hall–Kier alpha value is -0.880. The van der Waals surface area contributed by atoms with Crippen LogP contribution in [0.3, 0.4) is 0 Å². The summed E-state index contributed by atoms with van der Waals surface area (Å²) in [4.78, 5) is 6.42. The lowest BCUT2D eigenvalue weighted by molar-refractivity contribution is 0.186. The van der Waals surface area contributed by atoms with Gasteiger partial charge in [0.2, 0.25) is 0 Å². The van der Waals surface area contributed by atoms with Crippen molar-refractivity contribution in [3.05, 3.63) is 12.5 Å². The van der Waals surface area contributed by atoms with Crippen molar-refractivity contribution in [3.63, 3.8) is 0 Å². The summed E-state index contributed by atoms with van der Waals surface area (Å²) in [5, 5.41) is 0.185. The standard InChI is InChI=1S/C10H17N3O2S/c1-10(2)4-3-5-13(7-10)16(14,15)9-6-11-8-12-9/h6,8H,3-5,7H2,1-2H3,(H,11,12). The van der Waals surface area contributed by atoms with E-state index in [0.29, 0.717) is 13.1 Å². The molecule has 0 aliphatic carbocycles. The Balaban J connectivity index is 2.25. The van der Waals surface area contributed by atoms with Crippen LogP contribution in [0.15, 0.2) is 17.6 Å². The van der Waals surface area contributed by atoms with E-state index >= 15 is 0 Å². The Morgan fingerprint density at radius 2 is 2.25 bits per heavy atom. The molecule has 0 saturated carbocycles. The maximum absolute atomic E-state index is 12.2. The van der Waals surface area contributed by atoms with E-state index in [4.69, 9.17) is 0 Å². The van der Waals surface area contributed by atoms with Gasteiger partial charge in [0.1, 0.15) is 0 Å². The second-order valence-corrected chi connectivity index (χ2v) is 6.93. The third kappa shape index (κ3) is 2.12. The molecule has 0 amide bonds. The van der Waals surface area contributed by atoms with Crippen LogP contribution >= 0.6 is 0 Å². The Morgan fingerprint density at radius 3 is 2.81 bits per heavy atom. The number of H-pyrrole nitrogens is 1. The van der Waals surface area contributed by atoms with Crippen molar-refractivity contribution in [3.8, 4) is 0 Å². The van der Waals surface area contributed by atoms with Crippen LogP contribution in [0.25, 0.3) is 0 Å². The summed E-state index contributed by atoms with van der Waals surface area (Å²) in [6.07, 6.45) is 4.74. The second kappa shape index (κ2) is 3.85. The zero-order chi connectivity index (χ0) is 11.8. The van der Waals surface area contributed by atoms with Gasteiger partial charge in [0.05, 0.1) is 12.5 Å². The fourth-order valence-corrected chi connectivity index (χ4v) is 3.66. The van der Waals surface area contributed by atoms with E-state index in [2.05, 4.69) is 23.8 Å².